The summed E-state index contributed by atoms with van der Waals surface area (Å²) >= 11 is 0. The number of rotatable bonds is 7. The summed E-state index contributed by atoms with van der Waals surface area (Å²) in [6.07, 6.45) is 11.9. The maximum absolute atomic E-state index is 3.82. The van der Waals surface area contributed by atoms with Crippen LogP contribution in [-0.2, 0) is 0 Å². The molecule has 0 heteroatoms. The lowest BCUT2D eigenvalue weighted by molar-refractivity contribution is 0.778. The van der Waals surface area contributed by atoms with Crippen molar-refractivity contribution < 1.29 is 0 Å². The number of hydrogen-bond acceptors (Lipinski definition) is 0. The van der Waals surface area contributed by atoms with Gasteiger partial charge in [-0.2, -0.15) is 0 Å². The molecule has 0 atom stereocenters. The van der Waals surface area contributed by atoms with Crippen LogP contribution in [-0.4, -0.2) is 0 Å². The zero-order valence-electron chi connectivity index (χ0n) is 8.60. The van der Waals surface area contributed by atoms with Crippen molar-refractivity contribution in [3.05, 3.63) is 24.3 Å². The third-order valence-electron chi connectivity index (χ3n) is 2.05. The van der Waals surface area contributed by atoms with Crippen molar-refractivity contribution in [3.8, 4) is 0 Å². The minimum Gasteiger partial charge on any atom is -0.0988 e. The molecule has 0 aromatic carbocycles. The third-order valence-corrected chi connectivity index (χ3v) is 2.05. The number of hydrogen-bond donors (Lipinski definition) is 0. The maximum atomic E-state index is 3.82. The van der Waals surface area contributed by atoms with Gasteiger partial charge in [0, 0.05) is 0 Å². The monoisotopic (exact) mass is 166 g/mol. The Kier molecular flexibility index (Phi) is 8.20. The van der Waals surface area contributed by atoms with E-state index in [-0.39, 0.29) is 0 Å². The van der Waals surface area contributed by atoms with Crippen LogP contribution in [0, 0.1) is 0 Å². The maximum Gasteiger partial charge on any atom is -0.0282 e. The summed E-state index contributed by atoms with van der Waals surface area (Å²) in [4.78, 5) is 0. The van der Waals surface area contributed by atoms with Gasteiger partial charge in [-0.1, -0.05) is 57.4 Å². The molecule has 0 radical (unpaired) electrons. The molecule has 12 heavy (non-hydrogen) atoms. The zero-order valence-corrected chi connectivity index (χ0v) is 8.60. The molecular weight excluding hydrogens is 144 g/mol. The molecule has 0 bridgehead atoms. The van der Waals surface area contributed by atoms with Crippen molar-refractivity contribution >= 4 is 0 Å². The lowest BCUT2D eigenvalue weighted by Gasteiger charge is -1.99. The van der Waals surface area contributed by atoms with Crippen molar-refractivity contribution in [1.82, 2.24) is 0 Å². The van der Waals surface area contributed by atoms with Crippen LogP contribution in [0.4, 0.5) is 0 Å². The highest BCUT2D eigenvalue weighted by atomic mass is 14.0. The predicted octanol–water partition coefficient (Wildman–Crippen LogP) is 4.48. The smallest absolute Gasteiger partial charge is 0.0282 e. The van der Waals surface area contributed by atoms with Gasteiger partial charge in [0.2, 0.25) is 0 Å². The predicted molar refractivity (Wildman–Crippen MR) is 57.3 cm³/mol. The summed E-state index contributed by atoms with van der Waals surface area (Å²) in [7, 11) is 0. The van der Waals surface area contributed by atoms with Crippen LogP contribution < -0.4 is 0 Å². The molecule has 0 nitrogen and oxygen atoms in total. The molecule has 0 aliphatic carbocycles. The molecule has 0 unspecified atom stereocenters. The first-order valence-electron chi connectivity index (χ1n) is 5.16. The van der Waals surface area contributed by atoms with Crippen LogP contribution in [0.3, 0.4) is 0 Å². The molecule has 0 aliphatic heterocycles. The lowest BCUT2D eigenvalue weighted by atomic mass is 10.1. The van der Waals surface area contributed by atoms with E-state index in [9.17, 15) is 0 Å². The summed E-state index contributed by atoms with van der Waals surface area (Å²) < 4.78 is 0. The molecule has 0 saturated carbocycles. The highest BCUT2D eigenvalue weighted by Crippen LogP contribution is 2.10. The first-order valence-corrected chi connectivity index (χ1v) is 5.16. The van der Waals surface area contributed by atoms with Crippen molar-refractivity contribution in [3.63, 3.8) is 0 Å². The number of unbranched alkanes of at least 4 members (excludes halogenated alkanes) is 3. The van der Waals surface area contributed by atoms with Crippen molar-refractivity contribution in [2.75, 3.05) is 0 Å². The Labute approximate surface area is 77.4 Å². The summed E-state index contributed by atoms with van der Waals surface area (Å²) in [5, 5.41) is 0. The van der Waals surface area contributed by atoms with Gasteiger partial charge in [0.1, 0.15) is 0 Å². The van der Waals surface area contributed by atoms with E-state index in [0.29, 0.717) is 0 Å². The molecule has 0 aliphatic rings. The van der Waals surface area contributed by atoms with Gasteiger partial charge in [0.05, 0.1) is 0 Å². The second-order valence-electron chi connectivity index (χ2n) is 3.23. The van der Waals surface area contributed by atoms with Crippen LogP contribution in [0.1, 0.15) is 52.4 Å². The SMILES string of the molecule is C=C/C(=C/CCCC)CCCC. The Morgan fingerprint density at radius 1 is 1.17 bits per heavy atom. The highest BCUT2D eigenvalue weighted by Gasteiger charge is 1.90. The van der Waals surface area contributed by atoms with E-state index < -0.39 is 0 Å². The largest absolute Gasteiger partial charge is 0.0988 e. The Bertz CT molecular complexity index is 131. The quantitative estimate of drug-likeness (QED) is 0.386. The first kappa shape index (κ1) is 11.5. The van der Waals surface area contributed by atoms with E-state index in [4.69, 9.17) is 0 Å². The van der Waals surface area contributed by atoms with Crippen LogP contribution >= 0.6 is 0 Å². The molecule has 0 fully saturated rings. The van der Waals surface area contributed by atoms with Crippen LogP contribution in [0.2, 0.25) is 0 Å². The van der Waals surface area contributed by atoms with Gasteiger partial charge in [-0.15, -0.1) is 0 Å². The molecule has 0 spiro atoms. The van der Waals surface area contributed by atoms with Gasteiger partial charge in [0.15, 0.2) is 0 Å². The second-order valence-corrected chi connectivity index (χ2v) is 3.23. The van der Waals surface area contributed by atoms with Crippen molar-refractivity contribution in [2.45, 2.75) is 52.4 Å². The third kappa shape index (κ3) is 6.21. The molecule has 0 aromatic rings. The average molecular weight is 166 g/mol. The van der Waals surface area contributed by atoms with Crippen molar-refractivity contribution in [1.29, 1.82) is 0 Å². The standard InChI is InChI=1S/C12H22/c1-4-7-9-11-12(6-3)10-8-5-2/h6,11H,3-5,7-10H2,1-2H3/b12-11-. The van der Waals surface area contributed by atoms with E-state index in [0.717, 1.165) is 0 Å². The summed E-state index contributed by atoms with van der Waals surface area (Å²) in [5.41, 5.74) is 1.44. The molecule has 0 saturated heterocycles. The fourth-order valence-electron chi connectivity index (χ4n) is 1.16. The van der Waals surface area contributed by atoms with E-state index in [1.165, 1.54) is 44.1 Å². The van der Waals surface area contributed by atoms with E-state index in [2.05, 4.69) is 26.5 Å². The Morgan fingerprint density at radius 3 is 2.33 bits per heavy atom. The van der Waals surface area contributed by atoms with Gasteiger partial charge >= 0.3 is 0 Å². The van der Waals surface area contributed by atoms with Gasteiger partial charge in [-0.05, 0) is 19.3 Å². The average Bonchev–Trinajstić information content (AvgIpc) is 2.11. The highest BCUT2D eigenvalue weighted by molar-refractivity contribution is 5.15. The summed E-state index contributed by atoms with van der Waals surface area (Å²) in [6, 6.07) is 0. The van der Waals surface area contributed by atoms with Gasteiger partial charge in [0.25, 0.3) is 0 Å². The molecule has 0 heterocycles. The fourth-order valence-corrected chi connectivity index (χ4v) is 1.16. The van der Waals surface area contributed by atoms with Crippen LogP contribution in [0.15, 0.2) is 24.3 Å². The Morgan fingerprint density at radius 2 is 1.83 bits per heavy atom. The van der Waals surface area contributed by atoms with E-state index >= 15 is 0 Å². The molecule has 0 rings (SSSR count). The second kappa shape index (κ2) is 8.58. The van der Waals surface area contributed by atoms with Crippen LogP contribution in [0.25, 0.3) is 0 Å². The molecule has 0 amide bonds. The van der Waals surface area contributed by atoms with Gasteiger partial charge in [-0.25, -0.2) is 0 Å². The first-order chi connectivity index (χ1) is 5.85. The molecule has 0 N–H and O–H groups in total. The molecule has 70 valence electrons. The van der Waals surface area contributed by atoms with E-state index in [1.54, 1.807) is 0 Å². The number of allylic oxidation sites excluding steroid dienone is 3. The molecule has 0 aromatic heterocycles. The fraction of sp³-hybridized carbons (Fsp3) is 0.667. The Balaban J connectivity index is 3.62. The topological polar surface area (TPSA) is 0 Å². The summed E-state index contributed by atoms with van der Waals surface area (Å²) in [6.45, 7) is 8.28. The zero-order chi connectivity index (χ0) is 9.23. The molecular formula is C12H22. The summed E-state index contributed by atoms with van der Waals surface area (Å²) in [5.74, 6) is 0. The normalized spacial score (nSPS) is 11.7. The minimum absolute atomic E-state index is 1.21. The lowest BCUT2D eigenvalue weighted by Crippen LogP contribution is -1.79. The Hall–Kier alpha value is -0.520. The van der Waals surface area contributed by atoms with Crippen molar-refractivity contribution in [2.24, 2.45) is 0 Å². The van der Waals surface area contributed by atoms with Gasteiger partial charge in [-0.3, -0.25) is 0 Å². The van der Waals surface area contributed by atoms with E-state index in [1.807, 2.05) is 6.08 Å². The van der Waals surface area contributed by atoms with Crippen LogP contribution in [0.5, 0.6) is 0 Å². The van der Waals surface area contributed by atoms with Gasteiger partial charge < -0.3 is 0 Å². The minimum atomic E-state index is 1.21.